The Kier molecular flexibility index (Phi) is 9.95. The van der Waals surface area contributed by atoms with Crippen LogP contribution in [0.3, 0.4) is 0 Å². The van der Waals surface area contributed by atoms with E-state index in [2.05, 4.69) is 52.4 Å². The number of carbonyl (C=O) groups is 2. The van der Waals surface area contributed by atoms with Crippen molar-refractivity contribution < 1.29 is 14.7 Å². The van der Waals surface area contributed by atoms with E-state index in [0.29, 0.717) is 18.0 Å². The second kappa shape index (κ2) is 13.1. The Bertz CT molecular complexity index is 924. The number of Topliss-reactive ketones (excluding diaryl/α,β-unsaturated/α-hetero) is 1. The molecule has 34 heavy (non-hydrogen) atoms. The van der Waals surface area contributed by atoms with Gasteiger partial charge < -0.3 is 15.3 Å². The van der Waals surface area contributed by atoms with E-state index >= 15 is 0 Å². The highest BCUT2D eigenvalue weighted by Gasteiger charge is 2.23. The number of hydrogen-bond donors (Lipinski definition) is 2. The topological polar surface area (TPSA) is 72.9 Å². The van der Waals surface area contributed by atoms with Crippen LogP contribution in [0.1, 0.15) is 69.2 Å². The largest absolute Gasteiger partial charge is 0.506 e. The first-order valence-corrected chi connectivity index (χ1v) is 12.7. The maximum absolute atomic E-state index is 12.7. The van der Waals surface area contributed by atoms with Gasteiger partial charge in [0.1, 0.15) is 5.75 Å². The average molecular weight is 466 g/mol. The third-order valence-corrected chi connectivity index (χ3v) is 6.66. The molecule has 3 rings (SSSR count). The first-order valence-electron chi connectivity index (χ1n) is 12.7. The molecule has 6 heteroatoms. The summed E-state index contributed by atoms with van der Waals surface area (Å²) in [6, 6.07) is 15.9. The summed E-state index contributed by atoms with van der Waals surface area (Å²) in [4.78, 5) is 29.1. The summed E-state index contributed by atoms with van der Waals surface area (Å²) >= 11 is 0. The lowest BCUT2D eigenvalue weighted by molar-refractivity contribution is -0.114. The fraction of sp³-hybridized carbons (Fsp3) is 0.500. The van der Waals surface area contributed by atoms with Crippen LogP contribution in [0.15, 0.2) is 48.5 Å². The zero-order chi connectivity index (χ0) is 24.3. The molecule has 0 aliphatic carbocycles. The number of benzene rings is 2. The van der Waals surface area contributed by atoms with Crippen LogP contribution < -0.4 is 10.2 Å². The van der Waals surface area contributed by atoms with Crippen LogP contribution in [0, 0.1) is 0 Å². The Labute approximate surface area is 204 Å². The summed E-state index contributed by atoms with van der Waals surface area (Å²) in [6.07, 6.45) is 7.13. The van der Waals surface area contributed by atoms with E-state index in [-0.39, 0.29) is 23.1 Å². The predicted molar refractivity (Wildman–Crippen MR) is 139 cm³/mol. The van der Waals surface area contributed by atoms with Gasteiger partial charge in [0.25, 0.3) is 0 Å². The summed E-state index contributed by atoms with van der Waals surface area (Å²) in [5.74, 6) is -0.256. The predicted octanol–water partition coefficient (Wildman–Crippen LogP) is 5.47. The van der Waals surface area contributed by atoms with Gasteiger partial charge in [-0.15, -0.1) is 0 Å². The first kappa shape index (κ1) is 25.8. The summed E-state index contributed by atoms with van der Waals surface area (Å²) in [6.45, 7) is 7.91. The van der Waals surface area contributed by atoms with Gasteiger partial charge in [-0.3, -0.25) is 14.5 Å². The molecule has 1 fully saturated rings. The van der Waals surface area contributed by atoms with Crippen molar-refractivity contribution in [1.29, 1.82) is 0 Å². The van der Waals surface area contributed by atoms with Crippen LogP contribution in [-0.4, -0.2) is 53.9 Å². The number of unbranched alkanes of at least 4 members (excludes halogenated alkanes) is 2. The Morgan fingerprint density at radius 3 is 2.35 bits per heavy atom. The monoisotopic (exact) mass is 465 g/mol. The van der Waals surface area contributed by atoms with Crippen LogP contribution in [0.5, 0.6) is 5.75 Å². The lowest BCUT2D eigenvalue weighted by atomic mass is 9.98. The van der Waals surface area contributed by atoms with Crippen molar-refractivity contribution in [1.82, 2.24) is 4.90 Å². The molecule has 2 N–H and O–H groups in total. The Morgan fingerprint density at radius 2 is 1.68 bits per heavy atom. The standard InChI is InChI=1S/C28H39N3O3/c1-3-4-10-24(30-17-19-31(20-18-30)25-11-6-5-7-12-25)13-8-9-14-27(33)23-15-16-28(34)26(21-23)29-22(2)32/h5-7,11-12,15-16,21,24,34H,3-4,8-10,13-14,17-20H2,1-2H3,(H,29,32). The molecule has 1 atom stereocenters. The van der Waals surface area contributed by atoms with Crippen molar-refractivity contribution in [3.05, 3.63) is 54.1 Å². The lowest BCUT2D eigenvalue weighted by Crippen LogP contribution is -2.50. The van der Waals surface area contributed by atoms with Gasteiger partial charge in [0.15, 0.2) is 5.78 Å². The van der Waals surface area contributed by atoms with Crippen molar-refractivity contribution in [2.45, 2.75) is 64.8 Å². The number of anilines is 2. The van der Waals surface area contributed by atoms with Gasteiger partial charge in [-0.2, -0.15) is 0 Å². The molecule has 1 aliphatic heterocycles. The van der Waals surface area contributed by atoms with E-state index < -0.39 is 0 Å². The lowest BCUT2D eigenvalue weighted by Gasteiger charge is -2.40. The van der Waals surface area contributed by atoms with Crippen molar-refractivity contribution in [3.8, 4) is 5.75 Å². The number of amides is 1. The van der Waals surface area contributed by atoms with E-state index in [0.717, 1.165) is 45.4 Å². The number of nitrogens with one attached hydrogen (secondary N) is 1. The highest BCUT2D eigenvalue weighted by atomic mass is 16.3. The van der Waals surface area contributed by atoms with Crippen molar-refractivity contribution >= 4 is 23.1 Å². The summed E-state index contributed by atoms with van der Waals surface area (Å²) in [7, 11) is 0. The number of aromatic hydroxyl groups is 1. The molecule has 1 saturated heterocycles. The number of carbonyl (C=O) groups excluding carboxylic acids is 2. The van der Waals surface area contributed by atoms with Gasteiger partial charge in [0.2, 0.25) is 5.91 Å². The Hall–Kier alpha value is -2.86. The molecule has 184 valence electrons. The maximum atomic E-state index is 12.7. The molecule has 2 aromatic carbocycles. The van der Waals surface area contributed by atoms with Gasteiger partial charge >= 0.3 is 0 Å². The molecule has 6 nitrogen and oxygen atoms in total. The van der Waals surface area contributed by atoms with E-state index in [1.54, 1.807) is 12.1 Å². The molecule has 0 aromatic heterocycles. The minimum Gasteiger partial charge on any atom is -0.506 e. The molecule has 1 amide bonds. The van der Waals surface area contributed by atoms with Gasteiger partial charge in [-0.25, -0.2) is 0 Å². The number of phenols is 1. The second-order valence-electron chi connectivity index (χ2n) is 9.24. The smallest absolute Gasteiger partial charge is 0.221 e. The summed E-state index contributed by atoms with van der Waals surface area (Å²) in [5, 5.41) is 12.5. The number of nitrogens with zero attached hydrogens (tertiary/aromatic N) is 2. The maximum Gasteiger partial charge on any atom is 0.221 e. The molecule has 1 unspecified atom stereocenters. The Balaban J connectivity index is 1.47. The molecule has 0 bridgehead atoms. The molecule has 0 saturated carbocycles. The number of rotatable bonds is 12. The van der Waals surface area contributed by atoms with Crippen LogP contribution in [0.4, 0.5) is 11.4 Å². The molecule has 2 aromatic rings. The van der Waals surface area contributed by atoms with Crippen LogP contribution in [-0.2, 0) is 4.79 Å². The van der Waals surface area contributed by atoms with Crippen molar-refractivity contribution in [2.75, 3.05) is 36.4 Å². The molecule has 0 radical (unpaired) electrons. The highest BCUT2D eigenvalue weighted by molar-refractivity contribution is 5.99. The minimum absolute atomic E-state index is 0.0297. The number of ketones is 1. The molecular formula is C28H39N3O3. The van der Waals surface area contributed by atoms with Crippen LogP contribution in [0.2, 0.25) is 0 Å². The number of phenolic OH excluding ortho intramolecular Hbond substituents is 1. The minimum atomic E-state index is -0.275. The summed E-state index contributed by atoms with van der Waals surface area (Å²) < 4.78 is 0. The van der Waals surface area contributed by atoms with Gasteiger partial charge in [0, 0.05) is 56.8 Å². The van der Waals surface area contributed by atoms with Gasteiger partial charge in [-0.05, 0) is 49.6 Å². The third-order valence-electron chi connectivity index (χ3n) is 6.66. The van der Waals surface area contributed by atoms with Gasteiger partial charge in [0.05, 0.1) is 5.69 Å². The number of piperazine rings is 1. The van der Waals surface area contributed by atoms with E-state index in [4.69, 9.17) is 0 Å². The van der Waals surface area contributed by atoms with E-state index in [9.17, 15) is 14.7 Å². The number of hydrogen-bond acceptors (Lipinski definition) is 5. The SMILES string of the molecule is CCCCC(CCCCC(=O)c1ccc(O)c(NC(C)=O)c1)N1CCN(c2ccccc2)CC1. The average Bonchev–Trinajstić information content (AvgIpc) is 2.85. The quantitative estimate of drug-likeness (QED) is 0.247. The first-order chi connectivity index (χ1) is 16.5. The van der Waals surface area contributed by atoms with Crippen molar-refractivity contribution in [2.24, 2.45) is 0 Å². The second-order valence-corrected chi connectivity index (χ2v) is 9.24. The van der Waals surface area contributed by atoms with E-state index in [1.807, 2.05) is 0 Å². The van der Waals surface area contributed by atoms with Gasteiger partial charge in [-0.1, -0.05) is 44.4 Å². The zero-order valence-corrected chi connectivity index (χ0v) is 20.6. The number of para-hydroxylation sites is 1. The molecule has 1 aliphatic rings. The van der Waals surface area contributed by atoms with E-state index in [1.165, 1.54) is 37.9 Å². The van der Waals surface area contributed by atoms with Crippen LogP contribution in [0.25, 0.3) is 0 Å². The fourth-order valence-corrected chi connectivity index (χ4v) is 4.74. The molecular weight excluding hydrogens is 426 g/mol. The molecule has 1 heterocycles. The fourth-order valence-electron chi connectivity index (χ4n) is 4.74. The third kappa shape index (κ3) is 7.59. The summed E-state index contributed by atoms with van der Waals surface area (Å²) in [5.41, 5.74) is 2.12. The van der Waals surface area contributed by atoms with Crippen molar-refractivity contribution in [3.63, 3.8) is 0 Å². The Morgan fingerprint density at radius 1 is 0.971 bits per heavy atom. The zero-order valence-electron chi connectivity index (χ0n) is 20.6. The van der Waals surface area contributed by atoms with Crippen LogP contribution >= 0.6 is 0 Å². The normalized spacial score (nSPS) is 15.2. The highest BCUT2D eigenvalue weighted by Crippen LogP contribution is 2.26. The molecule has 0 spiro atoms.